The van der Waals surface area contributed by atoms with Gasteiger partial charge in [-0.2, -0.15) is 9.97 Å². The summed E-state index contributed by atoms with van der Waals surface area (Å²) in [6.45, 7) is 4.45. The molecule has 9 rings (SSSR count). The van der Waals surface area contributed by atoms with E-state index in [2.05, 4.69) is 15.8 Å². The fourth-order valence-electron chi connectivity index (χ4n) is 10.3. The van der Waals surface area contributed by atoms with Gasteiger partial charge in [0.05, 0.1) is 58.4 Å². The molecular formula is C42H47F2N5O7. The van der Waals surface area contributed by atoms with Gasteiger partial charge in [-0.15, -0.1) is 6.42 Å². The van der Waals surface area contributed by atoms with Crippen LogP contribution >= 0.6 is 0 Å². The number of aromatic nitrogens is 3. The fourth-order valence-corrected chi connectivity index (χ4v) is 10.3. The topological polar surface area (TPSA) is 143 Å². The van der Waals surface area contributed by atoms with Crippen LogP contribution in [0.1, 0.15) is 57.4 Å². The van der Waals surface area contributed by atoms with Crippen molar-refractivity contribution in [2.45, 2.75) is 75.7 Å². The number of rotatable bonds is 8. The van der Waals surface area contributed by atoms with E-state index in [1.807, 2.05) is 0 Å². The SMILES string of the molecule is C#Cc1c(F)ccc2cc(O)cc(-c3nc(OC)c4c(N5CC(CO)OCC(C)(O)C5)nc(OCC56CCCC5N(C5CC7(COC7)C5)CCC6)nc4c3F)c12. The van der Waals surface area contributed by atoms with Crippen LogP contribution < -0.4 is 14.4 Å². The molecule has 5 aliphatic rings. The Labute approximate surface area is 323 Å². The number of ether oxygens (including phenoxy) is 4. The van der Waals surface area contributed by atoms with Crippen LogP contribution in [0.15, 0.2) is 24.3 Å². The number of aromatic hydroxyl groups is 1. The van der Waals surface area contributed by atoms with Crippen molar-refractivity contribution >= 4 is 27.5 Å². The lowest BCUT2D eigenvalue weighted by Gasteiger charge is -2.60. The van der Waals surface area contributed by atoms with Gasteiger partial charge in [0.25, 0.3) is 0 Å². The van der Waals surface area contributed by atoms with Crippen LogP contribution in [0.4, 0.5) is 14.6 Å². The van der Waals surface area contributed by atoms with Crippen molar-refractivity contribution in [3.05, 3.63) is 41.5 Å². The first-order valence-corrected chi connectivity index (χ1v) is 19.5. The number of likely N-dealkylation sites (tertiary alicyclic amines) is 1. The molecular weight excluding hydrogens is 724 g/mol. The second-order valence-corrected chi connectivity index (χ2v) is 16.9. The number of benzene rings is 2. The van der Waals surface area contributed by atoms with E-state index in [9.17, 15) is 15.3 Å². The Hall–Kier alpha value is -4.39. The molecule has 0 amide bonds. The summed E-state index contributed by atoms with van der Waals surface area (Å²) in [5.74, 6) is 0.694. The third kappa shape index (κ3) is 6.19. The molecule has 0 bridgehead atoms. The number of hydrogen-bond acceptors (Lipinski definition) is 12. The second-order valence-electron chi connectivity index (χ2n) is 16.9. The molecule has 5 heterocycles. The third-order valence-electron chi connectivity index (χ3n) is 12.9. The summed E-state index contributed by atoms with van der Waals surface area (Å²) in [5, 5.41) is 32.9. The number of phenols is 1. The maximum absolute atomic E-state index is 17.4. The maximum atomic E-state index is 17.4. The first-order valence-electron chi connectivity index (χ1n) is 19.5. The molecule has 4 aromatic rings. The second kappa shape index (κ2) is 13.9. The predicted octanol–water partition coefficient (Wildman–Crippen LogP) is 4.96. The number of hydrogen-bond donors (Lipinski definition) is 3. The summed E-state index contributed by atoms with van der Waals surface area (Å²) in [5.41, 5.74) is -1.69. The number of halogens is 2. The molecule has 3 aliphatic heterocycles. The molecule has 296 valence electrons. The summed E-state index contributed by atoms with van der Waals surface area (Å²) in [4.78, 5) is 18.6. The maximum Gasteiger partial charge on any atom is 0.319 e. The number of β-amino-alcohol motifs (C(OH)–C–C–N with tert-alkyl or cyclic N) is 1. The molecule has 2 aromatic carbocycles. The van der Waals surface area contributed by atoms with Crippen molar-refractivity contribution in [1.82, 2.24) is 19.9 Å². The summed E-state index contributed by atoms with van der Waals surface area (Å²) in [7, 11) is 1.37. The van der Waals surface area contributed by atoms with Crippen molar-refractivity contribution in [3.63, 3.8) is 0 Å². The van der Waals surface area contributed by atoms with Crippen LogP contribution in [0.2, 0.25) is 0 Å². The number of anilines is 1. The molecule has 2 saturated carbocycles. The monoisotopic (exact) mass is 771 g/mol. The van der Waals surface area contributed by atoms with Crippen molar-refractivity contribution in [1.29, 1.82) is 0 Å². The molecule has 12 nitrogen and oxygen atoms in total. The van der Waals surface area contributed by atoms with Gasteiger partial charge in [-0.3, -0.25) is 4.90 Å². The number of nitrogens with zero attached hydrogens (tertiary/aromatic N) is 5. The van der Waals surface area contributed by atoms with Gasteiger partial charge in [0, 0.05) is 40.4 Å². The summed E-state index contributed by atoms with van der Waals surface area (Å²) in [6, 6.07) is 6.16. The van der Waals surface area contributed by atoms with Crippen molar-refractivity contribution in [3.8, 4) is 41.2 Å². The smallest absolute Gasteiger partial charge is 0.319 e. The molecule has 0 radical (unpaired) electrons. The summed E-state index contributed by atoms with van der Waals surface area (Å²) >= 11 is 0. The minimum atomic E-state index is -1.37. The van der Waals surface area contributed by atoms with E-state index in [1.165, 1.54) is 31.4 Å². The molecule has 1 spiro atoms. The first-order chi connectivity index (χ1) is 27.0. The normalized spacial score (nSPS) is 27.8. The number of pyridine rings is 1. The van der Waals surface area contributed by atoms with Crippen LogP contribution in [0.5, 0.6) is 17.6 Å². The van der Waals surface area contributed by atoms with Crippen molar-refractivity contribution < 1.29 is 43.0 Å². The molecule has 2 aliphatic carbocycles. The Morgan fingerprint density at radius 1 is 1.07 bits per heavy atom. The van der Waals surface area contributed by atoms with Gasteiger partial charge in [0.2, 0.25) is 5.88 Å². The van der Waals surface area contributed by atoms with E-state index >= 15 is 8.78 Å². The van der Waals surface area contributed by atoms with Gasteiger partial charge >= 0.3 is 6.01 Å². The largest absolute Gasteiger partial charge is 0.508 e. The van der Waals surface area contributed by atoms with E-state index in [1.54, 1.807) is 11.8 Å². The Kier molecular flexibility index (Phi) is 9.24. The highest BCUT2D eigenvalue weighted by Gasteiger charge is 2.57. The molecule has 2 aromatic heterocycles. The molecule has 56 heavy (non-hydrogen) atoms. The highest BCUT2D eigenvalue weighted by Crippen LogP contribution is 2.55. The third-order valence-corrected chi connectivity index (χ3v) is 12.9. The van der Waals surface area contributed by atoms with Gasteiger partial charge in [-0.1, -0.05) is 18.4 Å². The highest BCUT2D eigenvalue weighted by molar-refractivity contribution is 6.04. The Morgan fingerprint density at radius 2 is 1.88 bits per heavy atom. The summed E-state index contributed by atoms with van der Waals surface area (Å²) in [6.07, 6.45) is 12.6. The fraction of sp³-hybridized carbons (Fsp3) is 0.548. The zero-order valence-electron chi connectivity index (χ0n) is 31.7. The van der Waals surface area contributed by atoms with Crippen LogP contribution in [0.3, 0.4) is 0 Å². The standard InChI is InChI=1S/C42H47F2N5O7/c1-4-28-30(43)9-8-24-13-26(51)14-29(32(24)28)35-34(44)36-33(38(45-35)53-3)37(48-17-27(18-50)55-20-40(2,52)19-48)47-39(46-36)56-23-42-10-5-7-31(42)49(12-6-11-42)25-15-41(16-25)21-54-22-41/h1,8-9,13-14,25,27,31,50-52H,5-7,10-12,15-23H2,2-3H3. The van der Waals surface area contributed by atoms with Crippen LogP contribution in [0.25, 0.3) is 32.9 Å². The van der Waals surface area contributed by atoms with Gasteiger partial charge in [0.1, 0.15) is 39.6 Å². The highest BCUT2D eigenvalue weighted by atomic mass is 19.1. The van der Waals surface area contributed by atoms with Crippen LogP contribution in [0, 0.1) is 34.8 Å². The Bertz CT molecular complexity index is 2240. The Balaban J connectivity index is 1.17. The molecule has 3 N–H and O–H groups in total. The molecule has 4 unspecified atom stereocenters. The molecule has 4 atom stereocenters. The number of phenolic OH excluding ortho intramolecular Hbond substituents is 1. The van der Waals surface area contributed by atoms with E-state index in [4.69, 9.17) is 35.3 Å². The lowest BCUT2D eigenvalue weighted by atomic mass is 9.62. The van der Waals surface area contributed by atoms with Crippen molar-refractivity contribution in [2.24, 2.45) is 10.8 Å². The van der Waals surface area contributed by atoms with Gasteiger partial charge in [-0.05, 0) is 75.6 Å². The van der Waals surface area contributed by atoms with Crippen LogP contribution in [-0.4, -0.2) is 119 Å². The van der Waals surface area contributed by atoms with E-state index in [-0.39, 0.29) is 88.3 Å². The quantitative estimate of drug-likeness (QED) is 0.209. The number of piperidine rings is 1. The minimum Gasteiger partial charge on any atom is -0.508 e. The first kappa shape index (κ1) is 37.2. The van der Waals surface area contributed by atoms with Crippen molar-refractivity contribution in [2.75, 3.05) is 64.7 Å². The molecule has 14 heteroatoms. The average Bonchev–Trinajstić information content (AvgIpc) is 3.52. The van der Waals surface area contributed by atoms with E-state index in [0.29, 0.717) is 29.5 Å². The van der Waals surface area contributed by atoms with E-state index in [0.717, 1.165) is 64.7 Å². The zero-order chi connectivity index (χ0) is 39.0. The number of methoxy groups -OCH3 is 1. The number of aliphatic hydroxyl groups excluding tert-OH is 1. The van der Waals surface area contributed by atoms with Gasteiger partial charge in [0.15, 0.2) is 5.82 Å². The minimum absolute atomic E-state index is 0.0124. The van der Waals surface area contributed by atoms with Gasteiger partial charge < -0.3 is 39.2 Å². The number of aliphatic hydroxyl groups is 2. The average molecular weight is 772 g/mol. The summed E-state index contributed by atoms with van der Waals surface area (Å²) < 4.78 is 56.3. The Morgan fingerprint density at radius 3 is 2.61 bits per heavy atom. The van der Waals surface area contributed by atoms with Crippen LogP contribution in [-0.2, 0) is 9.47 Å². The molecule has 5 fully saturated rings. The number of terminal acetylenes is 1. The predicted molar refractivity (Wildman–Crippen MR) is 204 cm³/mol. The lowest BCUT2D eigenvalue weighted by Crippen LogP contribution is -2.64. The van der Waals surface area contributed by atoms with Gasteiger partial charge in [-0.25, -0.2) is 13.8 Å². The number of fused-ring (bicyclic) bond motifs is 3. The lowest BCUT2D eigenvalue weighted by molar-refractivity contribution is -0.196. The zero-order valence-corrected chi connectivity index (χ0v) is 31.7. The molecule has 3 saturated heterocycles. The van der Waals surface area contributed by atoms with E-state index < -0.39 is 23.3 Å².